The van der Waals surface area contributed by atoms with Crippen molar-refractivity contribution >= 4 is 29.5 Å². The Balaban J connectivity index is 0.000000146. The number of nitrogens with one attached hydrogen (secondary N) is 5. The van der Waals surface area contributed by atoms with E-state index in [-0.39, 0.29) is 95.0 Å². The molecule has 4 saturated heterocycles. The van der Waals surface area contributed by atoms with Gasteiger partial charge in [0.1, 0.15) is 0 Å². The highest BCUT2D eigenvalue weighted by molar-refractivity contribution is 5.97. The van der Waals surface area contributed by atoms with Crippen LogP contribution in [0.1, 0.15) is 197 Å². The van der Waals surface area contributed by atoms with E-state index in [1.54, 1.807) is 12.1 Å². The summed E-state index contributed by atoms with van der Waals surface area (Å²) in [4.78, 5) is 90.4. The van der Waals surface area contributed by atoms with Gasteiger partial charge in [0.15, 0.2) is 6.36 Å². The monoisotopic (exact) mass is 2080 g/mol. The quantitative estimate of drug-likeness (QED) is 0.0284. The van der Waals surface area contributed by atoms with E-state index < -0.39 is 66.7 Å². The molecule has 5 amide bonds. The van der Waals surface area contributed by atoms with Crippen LogP contribution in [0.25, 0.3) is 56.9 Å². The van der Waals surface area contributed by atoms with E-state index in [1.165, 1.54) is 171 Å². The Hall–Kier alpha value is -13.8. The fraction of sp³-hybridized carbons (Fsp3) is 0.436. The molecule has 790 valence electrons. The number of rotatable bonds is 28. The third-order valence-electron chi connectivity index (χ3n) is 25.1. The average Bonchev–Trinajstić information content (AvgIpc) is 1.60. The fourth-order valence-electron chi connectivity index (χ4n) is 17.8. The summed E-state index contributed by atoms with van der Waals surface area (Å²) in [6.45, 7) is 24.2. The highest BCUT2D eigenvalue weighted by atomic mass is 19.4. The number of aromatic nitrogens is 10. The maximum absolute atomic E-state index is 13.1. The summed E-state index contributed by atoms with van der Waals surface area (Å²) in [6, 6.07) is 48.5. The third-order valence-corrected chi connectivity index (χ3v) is 25.1. The SMILES string of the molecule is CC(F)OC1CCCN(C[C@@H](C)NC(=O)c2ccc(-c3noc(C(F)(F)F)n3)cc2)C1.C[C@H](CN1CC(c2ccccc2)C1)NC(=O)c1ccc(-c2noc(C(F)(F)F)n2)cc1.C[C@H](CN1CCCC1)NC(=O)c1ccc(-c2noc(C(F)(F)F)n2)cc1.C[C@H](CN1CCCC2(CC2)C1)NC(=O)c1ccc(-c2noc(C(F)(F)F)n2)cc1.C[C@H](CN1CCc2ccccc2C1)NC(=O)c1ccc(-c2noc(C(F)(F)F)n2)cc1. The largest absolute Gasteiger partial charge is 0.471 e. The van der Waals surface area contributed by atoms with Crippen molar-refractivity contribution < 1.29 is 122 Å². The number of fused-ring (bicyclic) bond motifs is 1. The van der Waals surface area contributed by atoms with E-state index in [9.17, 15) is 94.2 Å². The van der Waals surface area contributed by atoms with Crippen LogP contribution in [0.4, 0.5) is 70.2 Å². The molecule has 1 spiro atoms. The molecule has 7 atom stereocenters. The van der Waals surface area contributed by atoms with Crippen LogP contribution >= 0.6 is 0 Å². The average molecular weight is 2080 g/mol. The summed E-state index contributed by atoms with van der Waals surface area (Å²) in [5.41, 5.74) is 8.21. The molecule has 6 aliphatic rings. The third kappa shape index (κ3) is 31.4. The molecular formula is C101H108F16N20O11. The molecule has 31 nitrogen and oxygen atoms in total. The Morgan fingerprint density at radius 1 is 0.345 bits per heavy atom. The zero-order chi connectivity index (χ0) is 106. The molecule has 0 bridgehead atoms. The zero-order valence-corrected chi connectivity index (χ0v) is 81.1. The summed E-state index contributed by atoms with van der Waals surface area (Å²) in [5, 5.41) is 31.4. The predicted octanol–water partition coefficient (Wildman–Crippen LogP) is 18.3. The molecule has 5 aliphatic heterocycles. The van der Waals surface area contributed by atoms with Crippen LogP contribution in [0.15, 0.2) is 199 Å². The van der Waals surface area contributed by atoms with Gasteiger partial charge in [-0.25, -0.2) is 4.39 Å². The number of halogens is 16. The van der Waals surface area contributed by atoms with Crippen LogP contribution in [0.5, 0.6) is 0 Å². The van der Waals surface area contributed by atoms with E-state index in [1.807, 2.05) is 58.9 Å². The second-order valence-electron chi connectivity index (χ2n) is 37.5. The van der Waals surface area contributed by atoms with Gasteiger partial charge in [0.25, 0.3) is 29.5 Å². The molecule has 5 fully saturated rings. The van der Waals surface area contributed by atoms with Crippen LogP contribution in [0.3, 0.4) is 0 Å². The van der Waals surface area contributed by atoms with Gasteiger partial charge in [-0.3, -0.25) is 38.7 Å². The lowest BCUT2D eigenvalue weighted by molar-refractivity contribution is -0.160. The molecule has 18 rings (SSSR count). The van der Waals surface area contributed by atoms with E-state index in [2.05, 4.69) is 155 Å². The van der Waals surface area contributed by atoms with E-state index >= 15 is 0 Å². The maximum Gasteiger partial charge on any atom is 0.471 e. The first-order valence-electron chi connectivity index (χ1n) is 47.9. The van der Waals surface area contributed by atoms with E-state index in [0.29, 0.717) is 80.1 Å². The predicted molar refractivity (Wildman–Crippen MR) is 503 cm³/mol. The first kappa shape index (κ1) is 110. The number of hydrogen-bond acceptors (Lipinski definition) is 26. The van der Waals surface area contributed by atoms with Crippen molar-refractivity contribution in [3.05, 3.63) is 250 Å². The molecule has 47 heteroatoms. The second-order valence-corrected chi connectivity index (χ2v) is 37.5. The summed E-state index contributed by atoms with van der Waals surface area (Å²) in [6.07, 6.45) is -14.7. The normalized spacial score (nSPS) is 17.5. The number of benzene rings is 7. The standard InChI is InChI=1S/2C22H21F3N4O2.C20H24F4N4O3.C20H23F3N4O2.C17H19F3N4O2/c1-14(12-29-11-10-15-4-2-3-5-18(15)13-29)26-20(30)17-8-6-16(7-9-17)19-27-21(31-28-19)22(23,24)25;1-14(11-29-12-18(13-29)15-5-3-2-4-6-15)26-20(30)17-9-7-16(8-10-17)19-27-21(31-28-19)22(23,24)25;1-12(10-28-9-3-4-16(11-28)30-13(2)21)25-18(29)15-7-5-14(6-8-15)17-26-19(31-27-17)20(22,23)24;1-13(11-27-10-2-7-19(12-27)8-9-19)24-17(28)15-5-3-14(4-6-15)16-25-18(29-26-16)20(21,22)23;1-11(10-24-8-2-3-9-24)21-15(25)13-6-4-12(5-7-13)14-22-16(26-23-14)17(18,19)20/h2-9,14H,10-13H2,1H3,(H,26,30);2-10,14,18H,11-13H2,1H3,(H,26,30);5-8,12-13,16H,3-4,9-11H2,1-2H3,(H,25,29);3-6,13H,2,7-12H2,1H3,(H,24,28);4-7,11H,2-3,8-10H2,1H3,(H,21,25)/t2*14-;12-,13?,16?;13-;11-/m11111/s1. The molecule has 148 heavy (non-hydrogen) atoms. The highest BCUT2D eigenvalue weighted by Crippen LogP contribution is 2.52. The molecule has 2 unspecified atom stereocenters. The summed E-state index contributed by atoms with van der Waals surface area (Å²) in [5.74, 6) is -8.68. The number of carbonyl (C=O) groups excluding carboxylic acids is 5. The minimum atomic E-state index is -4.72. The minimum absolute atomic E-state index is 0.00243. The number of alkyl halides is 16. The molecule has 5 N–H and O–H groups in total. The highest BCUT2D eigenvalue weighted by Gasteiger charge is 2.47. The Labute approximate surface area is 838 Å². The van der Waals surface area contributed by atoms with Crippen molar-refractivity contribution in [1.82, 2.24) is 102 Å². The molecule has 7 aromatic carbocycles. The fourth-order valence-corrected chi connectivity index (χ4v) is 17.8. The number of amides is 5. The number of hydrogen-bond donors (Lipinski definition) is 5. The number of likely N-dealkylation sites (tertiary alicyclic amines) is 4. The van der Waals surface area contributed by atoms with Crippen molar-refractivity contribution in [3.8, 4) is 56.9 Å². The smallest absolute Gasteiger partial charge is 0.348 e. The Bertz CT molecular complexity index is 6350. The second kappa shape index (κ2) is 48.5. The molecular weight excluding hydrogens is 1970 g/mol. The first-order valence-corrected chi connectivity index (χ1v) is 47.9. The molecule has 10 heterocycles. The molecule has 5 aromatic heterocycles. The van der Waals surface area contributed by atoms with Gasteiger partial charge in [-0.15, -0.1) is 0 Å². The summed E-state index contributed by atoms with van der Waals surface area (Å²) in [7, 11) is 0. The Morgan fingerprint density at radius 2 is 0.642 bits per heavy atom. The van der Waals surface area contributed by atoms with Gasteiger partial charge in [-0.2, -0.15) is 90.8 Å². The van der Waals surface area contributed by atoms with Crippen LogP contribution in [-0.2, 0) is 48.6 Å². The number of piperidine rings is 2. The van der Waals surface area contributed by atoms with Gasteiger partial charge in [0.05, 0.1) is 6.10 Å². The van der Waals surface area contributed by atoms with Gasteiger partial charge in [-0.1, -0.05) is 141 Å². The van der Waals surface area contributed by atoms with Crippen LogP contribution in [-0.4, -0.2) is 239 Å². The lowest BCUT2D eigenvalue weighted by atomic mass is 9.91. The van der Waals surface area contributed by atoms with Gasteiger partial charge in [0.2, 0.25) is 29.1 Å². The van der Waals surface area contributed by atoms with Crippen LogP contribution in [0, 0.1) is 5.41 Å². The van der Waals surface area contributed by atoms with Crippen LogP contribution < -0.4 is 26.6 Å². The molecule has 1 saturated carbocycles. The number of nitrogens with zero attached hydrogens (tertiary/aromatic N) is 15. The summed E-state index contributed by atoms with van der Waals surface area (Å²) < 4.78 is 228. The van der Waals surface area contributed by atoms with E-state index in [0.717, 1.165) is 104 Å². The topological polar surface area (TPSA) is 366 Å². The van der Waals surface area contributed by atoms with Crippen molar-refractivity contribution in [3.63, 3.8) is 0 Å². The van der Waals surface area contributed by atoms with Crippen molar-refractivity contribution in [1.29, 1.82) is 0 Å². The van der Waals surface area contributed by atoms with Gasteiger partial charge in [-0.05, 0) is 208 Å². The zero-order valence-electron chi connectivity index (χ0n) is 81.1. The molecule has 0 radical (unpaired) electrons. The lowest BCUT2D eigenvalue weighted by Gasteiger charge is -2.41. The van der Waals surface area contributed by atoms with Crippen molar-refractivity contribution in [2.75, 3.05) is 91.6 Å². The van der Waals surface area contributed by atoms with Crippen molar-refractivity contribution in [2.24, 2.45) is 5.41 Å². The Morgan fingerprint density at radius 3 is 0.966 bits per heavy atom. The number of ether oxygens (including phenoxy) is 1. The van der Waals surface area contributed by atoms with Gasteiger partial charge < -0.3 is 63.7 Å². The lowest BCUT2D eigenvalue weighted by Crippen LogP contribution is -2.51. The van der Waals surface area contributed by atoms with E-state index in [4.69, 9.17) is 4.74 Å². The summed E-state index contributed by atoms with van der Waals surface area (Å²) >= 11 is 0. The Kier molecular flexibility index (Phi) is 36.0. The maximum atomic E-state index is 13.1. The molecule has 1 aliphatic carbocycles. The first-order chi connectivity index (χ1) is 70.3. The van der Waals surface area contributed by atoms with Gasteiger partial charge in [0, 0.05) is 164 Å². The number of carbonyl (C=O) groups is 5. The molecule has 12 aromatic rings. The van der Waals surface area contributed by atoms with Crippen molar-refractivity contribution in [2.45, 2.75) is 185 Å². The van der Waals surface area contributed by atoms with Crippen LogP contribution in [0.2, 0.25) is 0 Å². The van der Waals surface area contributed by atoms with Gasteiger partial charge >= 0.3 is 60.3 Å². The minimum Gasteiger partial charge on any atom is -0.348 e.